The number of para-hydroxylation sites is 1. The molecule has 0 aliphatic rings. The first-order valence-corrected chi connectivity index (χ1v) is 10.3. The lowest BCUT2D eigenvalue weighted by Gasteiger charge is -2.12. The summed E-state index contributed by atoms with van der Waals surface area (Å²) in [5.74, 6) is -0.525. The number of carbonyl (C=O) groups is 1. The van der Waals surface area contributed by atoms with Crippen LogP contribution in [0, 0.1) is 11.3 Å². The van der Waals surface area contributed by atoms with Crippen LogP contribution < -0.4 is 10.0 Å². The first-order valence-electron chi connectivity index (χ1n) is 7.57. The first-order chi connectivity index (χ1) is 12.9. The zero-order valence-electron chi connectivity index (χ0n) is 13.6. The number of anilines is 2. The molecule has 27 heavy (non-hydrogen) atoms. The van der Waals surface area contributed by atoms with E-state index in [0.717, 1.165) is 0 Å². The number of rotatable bonds is 5. The summed E-state index contributed by atoms with van der Waals surface area (Å²) < 4.78 is 27.6. The molecule has 2 aromatic carbocycles. The van der Waals surface area contributed by atoms with Crippen molar-refractivity contribution in [3.05, 3.63) is 76.1 Å². The Morgan fingerprint density at radius 1 is 1.07 bits per heavy atom. The maximum Gasteiger partial charge on any atom is 0.261 e. The van der Waals surface area contributed by atoms with E-state index < -0.39 is 15.9 Å². The summed E-state index contributed by atoms with van der Waals surface area (Å²) in [5, 5.41) is 14.2. The molecule has 9 heteroatoms. The topological polar surface area (TPSA) is 99.1 Å². The number of benzene rings is 2. The summed E-state index contributed by atoms with van der Waals surface area (Å²) in [7, 11) is -3.90. The minimum absolute atomic E-state index is 0.0205. The number of nitrogens with zero attached hydrogens (tertiary/aromatic N) is 1. The highest BCUT2D eigenvalue weighted by Gasteiger charge is 2.19. The van der Waals surface area contributed by atoms with Crippen LogP contribution in [0.25, 0.3) is 0 Å². The van der Waals surface area contributed by atoms with E-state index in [9.17, 15) is 13.2 Å². The number of nitrogens with one attached hydrogen (secondary N) is 2. The SMILES string of the molecule is N#Cc1ccsc1NC(=O)c1ccccc1NS(=O)(=O)c1ccc(Cl)cc1. The van der Waals surface area contributed by atoms with Crippen LogP contribution in [-0.4, -0.2) is 14.3 Å². The molecular weight excluding hydrogens is 406 g/mol. The average molecular weight is 418 g/mol. The second kappa shape index (κ2) is 7.80. The quantitative estimate of drug-likeness (QED) is 0.645. The van der Waals surface area contributed by atoms with Crippen LogP contribution in [0.3, 0.4) is 0 Å². The van der Waals surface area contributed by atoms with E-state index in [4.69, 9.17) is 16.9 Å². The van der Waals surface area contributed by atoms with Gasteiger partial charge in [-0.3, -0.25) is 9.52 Å². The smallest absolute Gasteiger partial charge is 0.261 e. The van der Waals surface area contributed by atoms with Gasteiger partial charge in [-0.25, -0.2) is 8.42 Å². The Labute approximate surface area is 165 Å². The molecule has 0 fully saturated rings. The van der Waals surface area contributed by atoms with E-state index in [0.29, 0.717) is 15.6 Å². The summed E-state index contributed by atoms with van der Waals surface area (Å²) in [6, 6.07) is 15.5. The Bertz CT molecular complexity index is 1130. The van der Waals surface area contributed by atoms with Crippen molar-refractivity contribution in [3.63, 3.8) is 0 Å². The van der Waals surface area contributed by atoms with Crippen LogP contribution in [0.5, 0.6) is 0 Å². The first kappa shape index (κ1) is 18.9. The Morgan fingerprint density at radius 2 is 1.78 bits per heavy atom. The number of hydrogen-bond donors (Lipinski definition) is 2. The fourth-order valence-electron chi connectivity index (χ4n) is 2.25. The second-order valence-electron chi connectivity index (χ2n) is 5.33. The Balaban J connectivity index is 1.89. The van der Waals surface area contributed by atoms with Gasteiger partial charge in [-0.2, -0.15) is 5.26 Å². The summed E-state index contributed by atoms with van der Waals surface area (Å²) in [6.45, 7) is 0. The van der Waals surface area contributed by atoms with Gasteiger partial charge in [0.15, 0.2) is 0 Å². The predicted molar refractivity (Wildman–Crippen MR) is 106 cm³/mol. The molecule has 0 saturated carbocycles. The minimum atomic E-state index is -3.90. The minimum Gasteiger partial charge on any atom is -0.312 e. The number of sulfonamides is 1. The number of halogens is 1. The number of nitriles is 1. The summed E-state index contributed by atoms with van der Waals surface area (Å²) in [4.78, 5) is 12.6. The molecule has 0 unspecified atom stereocenters. The van der Waals surface area contributed by atoms with Crippen LogP contribution >= 0.6 is 22.9 Å². The van der Waals surface area contributed by atoms with Gasteiger partial charge in [0.25, 0.3) is 15.9 Å². The lowest BCUT2D eigenvalue weighted by Crippen LogP contribution is -2.18. The lowest BCUT2D eigenvalue weighted by molar-refractivity contribution is 0.102. The number of carbonyl (C=O) groups excluding carboxylic acids is 1. The molecule has 0 radical (unpaired) electrons. The number of amides is 1. The van der Waals surface area contributed by atoms with Crippen molar-refractivity contribution in [2.24, 2.45) is 0 Å². The largest absolute Gasteiger partial charge is 0.312 e. The van der Waals surface area contributed by atoms with Gasteiger partial charge in [-0.05, 0) is 47.8 Å². The van der Waals surface area contributed by atoms with Gasteiger partial charge in [0.1, 0.15) is 11.1 Å². The van der Waals surface area contributed by atoms with Crippen LogP contribution in [0.15, 0.2) is 64.9 Å². The van der Waals surface area contributed by atoms with Crippen molar-refractivity contribution in [1.29, 1.82) is 5.26 Å². The molecule has 0 spiro atoms. The zero-order valence-corrected chi connectivity index (χ0v) is 16.0. The van der Waals surface area contributed by atoms with Crippen molar-refractivity contribution in [2.45, 2.75) is 4.90 Å². The van der Waals surface area contributed by atoms with Crippen molar-refractivity contribution < 1.29 is 13.2 Å². The standard InChI is InChI=1S/C18H12ClN3O3S2/c19-13-5-7-14(8-6-13)27(24,25)22-16-4-2-1-3-15(16)17(23)21-18-12(11-20)9-10-26-18/h1-10,22H,(H,21,23). The highest BCUT2D eigenvalue weighted by molar-refractivity contribution is 7.92. The summed E-state index contributed by atoms with van der Waals surface area (Å²) >= 11 is 7.00. The predicted octanol–water partition coefficient (Wildman–Crippen LogP) is 4.33. The van der Waals surface area contributed by atoms with Gasteiger partial charge in [0.05, 0.1) is 21.7 Å². The molecule has 0 bridgehead atoms. The van der Waals surface area contributed by atoms with Crippen molar-refractivity contribution >= 4 is 49.6 Å². The van der Waals surface area contributed by atoms with E-state index in [1.165, 1.54) is 47.7 Å². The molecule has 136 valence electrons. The highest BCUT2D eigenvalue weighted by atomic mass is 35.5. The van der Waals surface area contributed by atoms with Crippen molar-refractivity contribution in [2.75, 3.05) is 10.0 Å². The molecule has 3 rings (SSSR count). The molecule has 1 amide bonds. The van der Waals surface area contributed by atoms with Gasteiger partial charge in [0.2, 0.25) is 0 Å². The molecule has 1 heterocycles. The Morgan fingerprint density at radius 3 is 2.48 bits per heavy atom. The van der Waals surface area contributed by atoms with E-state index in [1.54, 1.807) is 23.6 Å². The molecule has 0 saturated heterocycles. The van der Waals surface area contributed by atoms with E-state index in [1.807, 2.05) is 6.07 Å². The van der Waals surface area contributed by atoms with Gasteiger partial charge in [-0.15, -0.1) is 11.3 Å². The molecule has 2 N–H and O–H groups in total. The fraction of sp³-hybridized carbons (Fsp3) is 0. The van der Waals surface area contributed by atoms with Gasteiger partial charge >= 0.3 is 0 Å². The van der Waals surface area contributed by atoms with E-state index in [-0.39, 0.29) is 16.1 Å². The molecule has 0 atom stereocenters. The summed E-state index contributed by atoms with van der Waals surface area (Å²) in [6.07, 6.45) is 0. The second-order valence-corrected chi connectivity index (χ2v) is 8.37. The molecule has 0 aliphatic carbocycles. The normalized spacial score (nSPS) is 10.8. The van der Waals surface area contributed by atoms with Crippen molar-refractivity contribution in [1.82, 2.24) is 0 Å². The Kier molecular flexibility index (Phi) is 5.46. The van der Waals surface area contributed by atoms with Gasteiger partial charge in [0, 0.05) is 5.02 Å². The molecule has 1 aromatic heterocycles. The van der Waals surface area contributed by atoms with Gasteiger partial charge in [-0.1, -0.05) is 23.7 Å². The fourth-order valence-corrected chi connectivity index (χ4v) is 4.19. The van der Waals surface area contributed by atoms with Crippen LogP contribution in [-0.2, 0) is 10.0 Å². The third-order valence-corrected chi connectivity index (χ3v) is 6.02. The maximum absolute atomic E-state index is 12.6. The maximum atomic E-state index is 12.6. The molecule has 0 aliphatic heterocycles. The van der Waals surface area contributed by atoms with E-state index >= 15 is 0 Å². The molecular formula is C18H12ClN3O3S2. The third-order valence-electron chi connectivity index (χ3n) is 3.55. The Hall–Kier alpha value is -2.86. The van der Waals surface area contributed by atoms with Crippen LogP contribution in [0.1, 0.15) is 15.9 Å². The van der Waals surface area contributed by atoms with Crippen molar-refractivity contribution in [3.8, 4) is 6.07 Å². The lowest BCUT2D eigenvalue weighted by atomic mass is 10.1. The monoisotopic (exact) mass is 417 g/mol. The van der Waals surface area contributed by atoms with E-state index in [2.05, 4.69) is 10.0 Å². The highest BCUT2D eigenvalue weighted by Crippen LogP contribution is 2.26. The number of thiophene rings is 1. The van der Waals surface area contributed by atoms with Crippen LogP contribution in [0.2, 0.25) is 5.02 Å². The van der Waals surface area contributed by atoms with Crippen LogP contribution in [0.4, 0.5) is 10.7 Å². The average Bonchev–Trinajstić information content (AvgIpc) is 3.09. The molecule has 6 nitrogen and oxygen atoms in total. The molecule has 3 aromatic rings. The third kappa shape index (κ3) is 4.28. The number of hydrogen-bond acceptors (Lipinski definition) is 5. The van der Waals surface area contributed by atoms with Gasteiger partial charge < -0.3 is 5.32 Å². The summed E-state index contributed by atoms with van der Waals surface area (Å²) in [5.41, 5.74) is 0.597. The zero-order chi connectivity index (χ0) is 19.4.